The average Bonchev–Trinajstić information content (AvgIpc) is 3.24. The van der Waals surface area contributed by atoms with Crippen LogP contribution in [0.4, 0.5) is 5.13 Å². The second-order valence-corrected chi connectivity index (χ2v) is 7.55. The SMILES string of the molecule is O=C(Oc1ccc2nc(N3CCCC3)sc2c1)c1ccccc1Br. The standard InChI is InChI=1S/C18H15BrN2O2S/c19-14-6-2-1-5-13(14)17(22)23-12-7-8-15-16(11-12)24-18(20-15)21-9-3-4-10-21/h1-2,5-8,11H,3-4,9-10H2. The maximum absolute atomic E-state index is 12.3. The number of nitrogens with zero attached hydrogens (tertiary/aromatic N) is 2. The number of thiazole rings is 1. The first-order valence-corrected chi connectivity index (χ1v) is 9.44. The average molecular weight is 403 g/mol. The number of hydrogen-bond acceptors (Lipinski definition) is 5. The maximum Gasteiger partial charge on any atom is 0.344 e. The highest BCUT2D eigenvalue weighted by atomic mass is 79.9. The molecule has 0 aliphatic carbocycles. The first-order chi connectivity index (χ1) is 11.7. The van der Waals surface area contributed by atoms with Crippen molar-refractivity contribution in [2.45, 2.75) is 12.8 Å². The van der Waals surface area contributed by atoms with Crippen molar-refractivity contribution >= 4 is 48.6 Å². The molecule has 122 valence electrons. The molecule has 0 atom stereocenters. The number of benzene rings is 2. The van der Waals surface area contributed by atoms with E-state index >= 15 is 0 Å². The van der Waals surface area contributed by atoms with Gasteiger partial charge in [0.15, 0.2) is 5.13 Å². The van der Waals surface area contributed by atoms with Gasteiger partial charge in [-0.05, 0) is 53.0 Å². The van der Waals surface area contributed by atoms with Crippen LogP contribution in [-0.4, -0.2) is 24.0 Å². The normalized spacial score (nSPS) is 14.3. The highest BCUT2D eigenvalue weighted by molar-refractivity contribution is 9.10. The molecule has 24 heavy (non-hydrogen) atoms. The van der Waals surface area contributed by atoms with Crippen molar-refractivity contribution in [3.8, 4) is 5.75 Å². The lowest BCUT2D eigenvalue weighted by atomic mass is 10.2. The zero-order valence-electron chi connectivity index (χ0n) is 12.9. The zero-order valence-corrected chi connectivity index (χ0v) is 15.3. The molecule has 4 rings (SSSR count). The van der Waals surface area contributed by atoms with Crippen molar-refractivity contribution in [3.63, 3.8) is 0 Å². The summed E-state index contributed by atoms with van der Waals surface area (Å²) in [5.74, 6) is 0.172. The third kappa shape index (κ3) is 3.03. The molecule has 0 spiro atoms. The summed E-state index contributed by atoms with van der Waals surface area (Å²) in [6.45, 7) is 2.15. The number of rotatable bonds is 3. The molecule has 0 amide bonds. The molecular formula is C18H15BrN2O2S. The number of halogens is 1. The third-order valence-corrected chi connectivity index (χ3v) is 5.80. The number of ether oxygens (including phenoxy) is 1. The smallest absolute Gasteiger partial charge is 0.344 e. The number of carbonyl (C=O) groups is 1. The van der Waals surface area contributed by atoms with Crippen molar-refractivity contribution in [1.82, 2.24) is 4.98 Å². The number of esters is 1. The number of aromatic nitrogens is 1. The molecule has 4 nitrogen and oxygen atoms in total. The van der Waals surface area contributed by atoms with Crippen molar-refractivity contribution in [2.24, 2.45) is 0 Å². The van der Waals surface area contributed by atoms with Crippen LogP contribution in [-0.2, 0) is 0 Å². The van der Waals surface area contributed by atoms with Gasteiger partial charge in [-0.25, -0.2) is 9.78 Å². The number of carbonyl (C=O) groups excluding carboxylic acids is 1. The van der Waals surface area contributed by atoms with Crippen LogP contribution in [0.1, 0.15) is 23.2 Å². The predicted molar refractivity (Wildman–Crippen MR) is 100 cm³/mol. The van der Waals surface area contributed by atoms with Gasteiger partial charge in [0, 0.05) is 23.6 Å². The second-order valence-electron chi connectivity index (χ2n) is 5.69. The van der Waals surface area contributed by atoms with E-state index in [1.165, 1.54) is 12.8 Å². The molecule has 2 aromatic carbocycles. The van der Waals surface area contributed by atoms with E-state index in [1.54, 1.807) is 23.5 Å². The first kappa shape index (κ1) is 15.6. The molecule has 2 heterocycles. The summed E-state index contributed by atoms with van der Waals surface area (Å²) in [6, 6.07) is 12.8. The zero-order chi connectivity index (χ0) is 16.5. The van der Waals surface area contributed by atoms with Gasteiger partial charge in [-0.15, -0.1) is 0 Å². The first-order valence-electron chi connectivity index (χ1n) is 7.83. The molecule has 1 aliphatic heterocycles. The van der Waals surface area contributed by atoms with E-state index in [9.17, 15) is 4.79 Å². The Kier molecular flexibility index (Phi) is 4.24. The fourth-order valence-electron chi connectivity index (χ4n) is 2.79. The van der Waals surface area contributed by atoms with Crippen LogP contribution in [0.25, 0.3) is 10.2 Å². The maximum atomic E-state index is 12.3. The van der Waals surface area contributed by atoms with E-state index in [0.717, 1.165) is 32.9 Å². The van der Waals surface area contributed by atoms with Gasteiger partial charge in [0.25, 0.3) is 0 Å². The molecule has 0 bridgehead atoms. The van der Waals surface area contributed by atoms with Crippen molar-refractivity contribution in [2.75, 3.05) is 18.0 Å². The van der Waals surface area contributed by atoms with Crippen LogP contribution in [0.3, 0.4) is 0 Å². The van der Waals surface area contributed by atoms with Gasteiger partial charge in [-0.2, -0.15) is 0 Å². The Hall–Kier alpha value is -1.92. The Balaban J connectivity index is 1.58. The van der Waals surface area contributed by atoms with Gasteiger partial charge < -0.3 is 9.64 Å². The minimum Gasteiger partial charge on any atom is -0.423 e. The highest BCUT2D eigenvalue weighted by Gasteiger charge is 2.17. The van der Waals surface area contributed by atoms with E-state index in [1.807, 2.05) is 30.3 Å². The van der Waals surface area contributed by atoms with E-state index in [-0.39, 0.29) is 5.97 Å². The molecule has 0 saturated carbocycles. The van der Waals surface area contributed by atoms with Gasteiger partial charge in [0.1, 0.15) is 5.75 Å². The largest absolute Gasteiger partial charge is 0.423 e. The van der Waals surface area contributed by atoms with E-state index < -0.39 is 0 Å². The molecule has 0 N–H and O–H groups in total. The minimum absolute atomic E-state index is 0.369. The van der Waals surface area contributed by atoms with Crippen LogP contribution < -0.4 is 9.64 Å². The second kappa shape index (κ2) is 6.53. The Morgan fingerprint density at radius 2 is 1.96 bits per heavy atom. The number of fused-ring (bicyclic) bond motifs is 1. The molecular weight excluding hydrogens is 388 g/mol. The Bertz CT molecular complexity index is 903. The molecule has 0 unspecified atom stereocenters. The van der Waals surface area contributed by atoms with Gasteiger partial charge in [0.2, 0.25) is 0 Å². The minimum atomic E-state index is -0.369. The van der Waals surface area contributed by atoms with Crippen LogP contribution in [0.2, 0.25) is 0 Å². The summed E-state index contributed by atoms with van der Waals surface area (Å²) in [5, 5.41) is 1.05. The van der Waals surface area contributed by atoms with Gasteiger partial charge in [0.05, 0.1) is 15.8 Å². The summed E-state index contributed by atoms with van der Waals surface area (Å²) in [7, 11) is 0. The summed E-state index contributed by atoms with van der Waals surface area (Å²) >= 11 is 5.03. The Morgan fingerprint density at radius 1 is 1.17 bits per heavy atom. The molecule has 6 heteroatoms. The van der Waals surface area contributed by atoms with Crippen LogP contribution in [0.5, 0.6) is 5.75 Å². The van der Waals surface area contributed by atoms with Gasteiger partial charge in [-0.1, -0.05) is 23.5 Å². The lowest BCUT2D eigenvalue weighted by Crippen LogP contribution is -2.16. The van der Waals surface area contributed by atoms with E-state index in [4.69, 9.17) is 4.74 Å². The van der Waals surface area contributed by atoms with E-state index in [2.05, 4.69) is 25.8 Å². The third-order valence-electron chi connectivity index (χ3n) is 4.03. The van der Waals surface area contributed by atoms with Crippen molar-refractivity contribution in [1.29, 1.82) is 0 Å². The summed E-state index contributed by atoms with van der Waals surface area (Å²) < 4.78 is 7.28. The fourth-order valence-corrected chi connectivity index (χ4v) is 4.28. The topological polar surface area (TPSA) is 42.4 Å². The van der Waals surface area contributed by atoms with Crippen molar-refractivity contribution < 1.29 is 9.53 Å². The lowest BCUT2D eigenvalue weighted by Gasteiger charge is -2.11. The summed E-state index contributed by atoms with van der Waals surface area (Å²) in [5.41, 5.74) is 1.46. The van der Waals surface area contributed by atoms with Crippen LogP contribution in [0.15, 0.2) is 46.9 Å². The molecule has 0 radical (unpaired) electrons. The summed E-state index contributed by atoms with van der Waals surface area (Å²) in [4.78, 5) is 19.3. The van der Waals surface area contributed by atoms with Crippen molar-refractivity contribution in [3.05, 3.63) is 52.5 Å². The Labute approximate surface area is 152 Å². The number of anilines is 1. The van der Waals surface area contributed by atoms with Gasteiger partial charge in [-0.3, -0.25) is 0 Å². The van der Waals surface area contributed by atoms with Crippen LogP contribution in [0, 0.1) is 0 Å². The highest BCUT2D eigenvalue weighted by Crippen LogP contribution is 2.33. The quantitative estimate of drug-likeness (QED) is 0.462. The molecule has 1 saturated heterocycles. The molecule has 3 aromatic rings. The molecule has 1 aromatic heterocycles. The molecule has 1 fully saturated rings. The van der Waals surface area contributed by atoms with E-state index in [0.29, 0.717) is 11.3 Å². The van der Waals surface area contributed by atoms with Crippen LogP contribution >= 0.6 is 27.3 Å². The summed E-state index contributed by atoms with van der Waals surface area (Å²) in [6.07, 6.45) is 2.45. The number of hydrogen-bond donors (Lipinski definition) is 0. The Morgan fingerprint density at radius 3 is 2.75 bits per heavy atom. The predicted octanol–water partition coefficient (Wildman–Crippen LogP) is 4.88. The molecule has 1 aliphatic rings. The fraction of sp³-hybridized carbons (Fsp3) is 0.222. The monoisotopic (exact) mass is 402 g/mol. The van der Waals surface area contributed by atoms with Gasteiger partial charge >= 0.3 is 5.97 Å². The lowest BCUT2D eigenvalue weighted by molar-refractivity contribution is 0.0734.